The van der Waals surface area contributed by atoms with Crippen LogP contribution in [0.1, 0.15) is 45.1 Å². The minimum Gasteiger partial charge on any atom is -0.481 e. The van der Waals surface area contributed by atoms with Crippen LogP contribution in [0.15, 0.2) is 25.3 Å². The van der Waals surface area contributed by atoms with Gasteiger partial charge in [-0.25, -0.2) is 43.5 Å². The molecule has 6 N–H and O–H groups in total. The number of carboxylic acids is 1. The van der Waals surface area contributed by atoms with Crippen LogP contribution in [-0.2, 0) is 75.3 Å². The van der Waals surface area contributed by atoms with E-state index in [9.17, 15) is 29.0 Å². The maximum Gasteiger partial charge on any atom is 0.412 e. The van der Waals surface area contributed by atoms with Crippen LogP contribution in [0.5, 0.6) is 0 Å². The molecule has 0 radical (unpaired) electrons. The van der Waals surface area contributed by atoms with Crippen molar-refractivity contribution in [2.75, 3.05) is 37.9 Å². The number of likely N-dealkylation sites (N-methyl/N-ethyl adjacent to an activating group) is 1. The number of carbonyl (C=O) groups is 4. The molecule has 0 bridgehead atoms. The van der Waals surface area contributed by atoms with Gasteiger partial charge in [-0.3, -0.25) is 37.9 Å². The summed E-state index contributed by atoms with van der Waals surface area (Å²) in [5, 5.41) is 11.2. The van der Waals surface area contributed by atoms with Gasteiger partial charge < -0.3 is 44.3 Å². The Morgan fingerprint density at radius 2 is 1.59 bits per heavy atom. The fraction of sp³-hybridized carbons (Fsp3) is 0.562. The van der Waals surface area contributed by atoms with E-state index in [2.05, 4.69) is 35.2 Å². The number of fused-ring (bicyclic) bond motifs is 4. The van der Waals surface area contributed by atoms with Crippen LogP contribution in [0, 0.1) is 5.92 Å². The molecule has 0 spiro atoms. The van der Waals surface area contributed by atoms with E-state index in [4.69, 9.17) is 71.8 Å². The number of nitrogens with zero attached hydrogens (tertiary/aromatic N) is 9. The number of nitrogens with two attached hydrogens (primary N) is 1. The average molecular weight is 982 g/mol. The van der Waals surface area contributed by atoms with E-state index < -0.39 is 87.4 Å². The average Bonchev–Trinajstić information content (AvgIpc) is 4.00. The summed E-state index contributed by atoms with van der Waals surface area (Å²) in [7, 11) is 1.47. The summed E-state index contributed by atoms with van der Waals surface area (Å²) in [5.41, 5.74) is 5.93. The van der Waals surface area contributed by atoms with Crippen molar-refractivity contribution in [2.24, 2.45) is 5.92 Å². The van der Waals surface area contributed by atoms with Gasteiger partial charge in [-0.2, -0.15) is 4.89 Å². The molecule has 3 aliphatic heterocycles. The Bertz CT molecular complexity index is 2510. The van der Waals surface area contributed by atoms with Crippen LogP contribution in [0.4, 0.5) is 25.2 Å². The quantitative estimate of drug-likeness (QED) is 0.0940. The molecule has 3 fully saturated rings. The van der Waals surface area contributed by atoms with Gasteiger partial charge >= 0.3 is 25.5 Å². The van der Waals surface area contributed by atoms with Crippen molar-refractivity contribution in [3.8, 4) is 0 Å². The fourth-order valence-electron chi connectivity index (χ4n) is 6.75. The molecule has 0 aromatic carbocycles. The van der Waals surface area contributed by atoms with Crippen molar-refractivity contribution < 1.29 is 80.2 Å². The molecular weight excluding hydrogens is 942 g/mol. The highest BCUT2D eigenvalue weighted by Crippen LogP contribution is 2.55. The molecule has 4 aromatic heterocycles. The summed E-state index contributed by atoms with van der Waals surface area (Å²) in [5.74, 6) is -2.51. The molecule has 3 unspecified atom stereocenters. The zero-order valence-corrected chi connectivity index (χ0v) is 36.7. The number of aliphatic carboxylic acids is 1. The van der Waals surface area contributed by atoms with Gasteiger partial charge in [-0.1, -0.05) is 6.92 Å². The summed E-state index contributed by atoms with van der Waals surface area (Å²) < 4.78 is 73.1. The molecule has 26 nitrogen and oxygen atoms in total. The number of carbonyl (C=O) groups excluding carboxylic acids is 3. The van der Waals surface area contributed by atoms with E-state index >= 15 is 8.78 Å². The van der Waals surface area contributed by atoms with Crippen molar-refractivity contribution in [2.45, 2.75) is 82.0 Å². The Balaban J connectivity index is 0.974. The van der Waals surface area contributed by atoms with Crippen LogP contribution in [0.2, 0.25) is 0 Å². The smallest absolute Gasteiger partial charge is 0.412 e. The van der Waals surface area contributed by atoms with E-state index in [-0.39, 0.29) is 84.5 Å². The molecule has 3 aliphatic rings. The highest BCUT2D eigenvalue weighted by Gasteiger charge is 2.54. The van der Waals surface area contributed by atoms with Crippen LogP contribution in [-0.4, -0.2) is 146 Å². The van der Waals surface area contributed by atoms with Gasteiger partial charge in [0, 0.05) is 25.8 Å². The summed E-state index contributed by atoms with van der Waals surface area (Å²) in [6.45, 7) is -8.52. The second kappa shape index (κ2) is 19.6. The summed E-state index contributed by atoms with van der Waals surface area (Å²) in [4.78, 5) is 101. The third-order valence-electron chi connectivity index (χ3n) is 9.98. The van der Waals surface area contributed by atoms with E-state index in [0.29, 0.717) is 0 Å². The molecule has 3 saturated heterocycles. The largest absolute Gasteiger partial charge is 0.481 e. The maximum atomic E-state index is 16.4. The number of hydrogen-bond acceptors (Lipinski definition) is 21. The summed E-state index contributed by atoms with van der Waals surface area (Å²) in [6.07, 6.45) is -11.3. The first-order chi connectivity index (χ1) is 30.3. The number of rotatable bonds is 13. The third-order valence-corrected chi connectivity index (χ3v) is 12.8. The van der Waals surface area contributed by atoms with E-state index in [1.54, 1.807) is 0 Å². The topological polar surface area (TPSA) is 331 Å². The predicted molar refractivity (Wildman–Crippen MR) is 216 cm³/mol. The Labute approximate surface area is 369 Å². The standard InChI is InChI=1S/C32H39F2N11O15P2S2/c1-14(8-18(48)49)15(46)4-3-5-17(47)43(2)6-7-53-32(50)42-26-22-28(39-11-37-26)45(13-41-22)30-20(34)24-31(56-30)57-60-62(52,64)58-23-16(9-54-61(51,63)59-24)55-29(19(23)33)44-12-40-21-25(35)36-10-38-27(21)44/h10-14,16,19-20,23-24,29-31H,3-9H2,1-2H3,(H,48,49)(H,51,63)(H,52,64)(H2,35,36,38)(H,37,39,42,50)/t14?,16-,19-,20-,23-,24+,29-,30-,31-,61?,62?/m1/s1. The number of aromatic nitrogens is 8. The molecule has 32 heteroatoms. The molecule has 348 valence electrons. The highest BCUT2D eigenvalue weighted by molar-refractivity contribution is 8.07. The van der Waals surface area contributed by atoms with Gasteiger partial charge in [0.15, 0.2) is 59.3 Å². The SMILES string of the molecule is CC(CC(=O)O)C(=O)CCCC(=O)N(C)CCOC(=O)Nc1ncnc2c1ncn2[C@@H]1O[C@@H]2OOP(O)(=S)O[C@H]3[C@@H](F)[C@H](n4cnc5c(N)ncnc54)O[C@@H]3COP(O)(=S)O[C@H]2[C@H]1F. The Morgan fingerprint density at radius 3 is 2.31 bits per heavy atom. The fourth-order valence-corrected chi connectivity index (χ4v) is 9.34. The molecule has 4 aromatic rings. The molecule has 7 heterocycles. The molecule has 7 rings (SSSR count). The van der Waals surface area contributed by atoms with Crippen molar-refractivity contribution in [1.82, 2.24) is 43.9 Å². The second-order valence-corrected chi connectivity index (χ2v) is 19.9. The first kappa shape index (κ1) is 47.5. The number of carboxylic acid groups (broad SMARTS) is 1. The number of nitrogens with one attached hydrogen (secondary N) is 1. The number of alkyl halides is 2. The van der Waals surface area contributed by atoms with Gasteiger partial charge in [-0.05, 0) is 30.0 Å². The summed E-state index contributed by atoms with van der Waals surface area (Å²) >= 11 is 10.2. The Hall–Kier alpha value is -4.42. The van der Waals surface area contributed by atoms with Crippen molar-refractivity contribution in [3.05, 3.63) is 25.3 Å². The van der Waals surface area contributed by atoms with Gasteiger partial charge in [0.1, 0.15) is 42.8 Å². The zero-order valence-electron chi connectivity index (χ0n) is 33.3. The predicted octanol–water partition coefficient (Wildman–Crippen LogP) is 1.72. The first-order valence-electron chi connectivity index (χ1n) is 19.0. The van der Waals surface area contributed by atoms with Crippen LogP contribution in [0.25, 0.3) is 22.3 Å². The lowest BCUT2D eigenvalue weighted by atomic mass is 9.98. The lowest BCUT2D eigenvalue weighted by Crippen LogP contribution is -2.36. The number of ether oxygens (including phenoxy) is 3. The van der Waals surface area contributed by atoms with Gasteiger partial charge in [0.25, 0.3) is 0 Å². The van der Waals surface area contributed by atoms with Gasteiger partial charge in [-0.15, -0.1) is 4.67 Å². The molecule has 64 heavy (non-hydrogen) atoms. The van der Waals surface area contributed by atoms with Crippen molar-refractivity contribution >= 4 is 94.8 Å². The number of halogens is 2. The lowest BCUT2D eigenvalue weighted by Gasteiger charge is -2.29. The van der Waals surface area contributed by atoms with Crippen molar-refractivity contribution in [3.63, 3.8) is 0 Å². The lowest BCUT2D eigenvalue weighted by molar-refractivity contribution is -0.336. The Morgan fingerprint density at radius 1 is 0.953 bits per heavy atom. The number of Topliss-reactive ketones (excluding diaryl/α,β-unsaturated/α-hetero) is 1. The molecule has 2 amide bonds. The van der Waals surface area contributed by atoms with Crippen LogP contribution in [0.3, 0.4) is 0 Å². The summed E-state index contributed by atoms with van der Waals surface area (Å²) in [6, 6.07) is 0. The maximum absolute atomic E-state index is 16.4. The number of ketones is 1. The molecular formula is C32H39F2N11O15P2S2. The van der Waals surface area contributed by atoms with Crippen LogP contribution < -0.4 is 11.1 Å². The third kappa shape index (κ3) is 10.6. The van der Waals surface area contributed by atoms with Crippen LogP contribution >= 0.6 is 13.4 Å². The number of anilines is 2. The van der Waals surface area contributed by atoms with Crippen molar-refractivity contribution in [1.29, 1.82) is 0 Å². The number of nitrogen functional groups attached to an aromatic ring is 1. The van der Waals surface area contributed by atoms with E-state index in [1.807, 2.05) is 0 Å². The minimum atomic E-state index is -4.59. The molecule has 11 atom stereocenters. The number of imidazole rings is 2. The number of amides is 2. The Kier molecular flexibility index (Phi) is 14.5. The second-order valence-electron chi connectivity index (χ2n) is 14.4. The molecule has 0 saturated carbocycles. The normalized spacial score (nSPS) is 30.2. The zero-order chi connectivity index (χ0) is 46.1. The van der Waals surface area contributed by atoms with E-state index in [0.717, 1.165) is 23.5 Å². The molecule has 0 aliphatic carbocycles. The van der Waals surface area contributed by atoms with Gasteiger partial charge in [0.2, 0.25) is 12.2 Å². The van der Waals surface area contributed by atoms with Gasteiger partial charge in [0.05, 0.1) is 32.2 Å². The van der Waals surface area contributed by atoms with E-state index in [1.165, 1.54) is 29.8 Å². The minimum absolute atomic E-state index is 0.00968. The monoisotopic (exact) mass is 981 g/mol. The number of hydrogen-bond donors (Lipinski definition) is 5. The highest BCUT2D eigenvalue weighted by atomic mass is 32.5. The first-order valence-corrected chi connectivity index (χ1v) is 24.1.